The molecule has 4 atom stereocenters. The van der Waals surface area contributed by atoms with E-state index < -0.39 is 0 Å². The molecule has 28 heavy (non-hydrogen) atoms. The second-order valence-corrected chi connectivity index (χ2v) is 8.69. The number of Topliss-reactive ketones (excluding diaryl/α,β-unsaturated/α-hetero) is 1. The Morgan fingerprint density at radius 2 is 1.86 bits per heavy atom. The summed E-state index contributed by atoms with van der Waals surface area (Å²) < 4.78 is 10.1. The summed E-state index contributed by atoms with van der Waals surface area (Å²) in [5.74, 6) is 2.78. The number of carbonyl (C=O) groups excluding carboxylic acids is 1. The molecule has 1 aromatic carbocycles. The number of aryl methyl sites for hydroxylation is 1. The number of carbonyl (C=O) groups is 1. The lowest BCUT2D eigenvalue weighted by Crippen LogP contribution is -2.42. The van der Waals surface area contributed by atoms with Gasteiger partial charge in [0.05, 0.1) is 0 Å². The van der Waals surface area contributed by atoms with Crippen LogP contribution >= 0.6 is 0 Å². The van der Waals surface area contributed by atoms with Gasteiger partial charge in [-0.05, 0) is 93.9 Å². The number of aromatic hydroxyl groups is 1. The van der Waals surface area contributed by atoms with Gasteiger partial charge in [-0.2, -0.15) is 0 Å². The molecule has 4 rings (SSSR count). The SMILES string of the molecule is CCOC(C)OCC.C[C@]12CC[C@@H]3c4ccc(O)cc4CC[C@H]3[C@@H]1CCC2=O. The molecule has 1 N–H and O–H groups in total. The molecule has 0 saturated heterocycles. The summed E-state index contributed by atoms with van der Waals surface area (Å²) in [5.41, 5.74) is 2.75. The van der Waals surface area contributed by atoms with E-state index in [4.69, 9.17) is 9.47 Å². The predicted octanol–water partition coefficient (Wildman–Crippen LogP) is 5.22. The molecule has 1 aromatic rings. The van der Waals surface area contributed by atoms with Crippen LogP contribution < -0.4 is 0 Å². The van der Waals surface area contributed by atoms with Gasteiger partial charge >= 0.3 is 0 Å². The molecular formula is C24H36O4. The molecule has 3 aliphatic carbocycles. The number of hydrogen-bond donors (Lipinski definition) is 1. The Balaban J connectivity index is 0.000000242. The lowest BCUT2D eigenvalue weighted by Gasteiger charge is -2.48. The number of hydrogen-bond acceptors (Lipinski definition) is 4. The Labute approximate surface area is 169 Å². The average molecular weight is 389 g/mol. The minimum absolute atomic E-state index is 0.0322. The van der Waals surface area contributed by atoms with Crippen molar-refractivity contribution in [2.45, 2.75) is 78.4 Å². The zero-order valence-electron chi connectivity index (χ0n) is 17.9. The van der Waals surface area contributed by atoms with E-state index >= 15 is 0 Å². The normalized spacial score (nSPS) is 30.9. The molecule has 3 aliphatic rings. The van der Waals surface area contributed by atoms with E-state index in [1.165, 1.54) is 17.5 Å². The first-order chi connectivity index (χ1) is 13.4. The zero-order valence-corrected chi connectivity index (χ0v) is 17.9. The highest BCUT2D eigenvalue weighted by Crippen LogP contribution is 2.59. The first-order valence-electron chi connectivity index (χ1n) is 11.0. The van der Waals surface area contributed by atoms with Crippen molar-refractivity contribution in [2.75, 3.05) is 13.2 Å². The number of ketones is 1. The third-order valence-corrected chi connectivity index (χ3v) is 7.22. The maximum absolute atomic E-state index is 12.3. The average Bonchev–Trinajstić information content (AvgIpc) is 2.97. The van der Waals surface area contributed by atoms with Crippen molar-refractivity contribution < 1.29 is 19.4 Å². The molecule has 0 unspecified atom stereocenters. The Morgan fingerprint density at radius 1 is 1.14 bits per heavy atom. The fraction of sp³-hybridized carbons (Fsp3) is 0.708. The Hall–Kier alpha value is -1.39. The monoisotopic (exact) mass is 388 g/mol. The lowest BCUT2D eigenvalue weighted by atomic mass is 9.55. The van der Waals surface area contributed by atoms with Crippen LogP contribution in [0, 0.1) is 17.3 Å². The smallest absolute Gasteiger partial charge is 0.154 e. The molecule has 2 saturated carbocycles. The van der Waals surface area contributed by atoms with Crippen molar-refractivity contribution in [3.8, 4) is 5.75 Å². The van der Waals surface area contributed by atoms with Crippen molar-refractivity contribution in [2.24, 2.45) is 17.3 Å². The second-order valence-electron chi connectivity index (χ2n) is 8.69. The Bertz CT molecular complexity index is 679. The van der Waals surface area contributed by atoms with Crippen LogP contribution in [0.15, 0.2) is 18.2 Å². The first-order valence-corrected chi connectivity index (χ1v) is 11.0. The molecule has 0 bridgehead atoms. The fourth-order valence-corrected chi connectivity index (χ4v) is 5.86. The molecule has 0 radical (unpaired) electrons. The minimum atomic E-state index is -0.0370. The number of benzene rings is 1. The van der Waals surface area contributed by atoms with Crippen molar-refractivity contribution >= 4 is 5.78 Å². The summed E-state index contributed by atoms with van der Waals surface area (Å²) in [4.78, 5) is 12.3. The molecule has 0 spiro atoms. The molecule has 0 aromatic heterocycles. The van der Waals surface area contributed by atoms with E-state index in [-0.39, 0.29) is 11.7 Å². The second kappa shape index (κ2) is 8.96. The summed E-state index contributed by atoms with van der Waals surface area (Å²) in [5, 5.41) is 9.67. The van der Waals surface area contributed by atoms with E-state index in [0.717, 1.165) is 45.3 Å². The van der Waals surface area contributed by atoms with Crippen LogP contribution in [0.25, 0.3) is 0 Å². The van der Waals surface area contributed by atoms with Crippen molar-refractivity contribution in [3.05, 3.63) is 29.3 Å². The van der Waals surface area contributed by atoms with Gasteiger partial charge in [-0.3, -0.25) is 4.79 Å². The van der Waals surface area contributed by atoms with Gasteiger partial charge in [0.2, 0.25) is 0 Å². The summed E-state index contributed by atoms with van der Waals surface area (Å²) in [6.45, 7) is 9.47. The van der Waals surface area contributed by atoms with Gasteiger partial charge in [0.15, 0.2) is 6.29 Å². The predicted molar refractivity (Wildman–Crippen MR) is 110 cm³/mol. The minimum Gasteiger partial charge on any atom is -0.508 e. The Morgan fingerprint density at radius 3 is 2.54 bits per heavy atom. The van der Waals surface area contributed by atoms with Crippen molar-refractivity contribution in [3.63, 3.8) is 0 Å². The lowest BCUT2D eigenvalue weighted by molar-refractivity contribution is -0.129. The van der Waals surface area contributed by atoms with Crippen molar-refractivity contribution in [1.29, 1.82) is 0 Å². The van der Waals surface area contributed by atoms with E-state index in [9.17, 15) is 9.90 Å². The molecule has 2 fully saturated rings. The number of rotatable bonds is 4. The Kier molecular flexibility index (Phi) is 6.82. The van der Waals surface area contributed by atoms with Gasteiger partial charge < -0.3 is 14.6 Å². The molecule has 0 heterocycles. The highest BCUT2D eigenvalue weighted by molar-refractivity contribution is 5.87. The quantitative estimate of drug-likeness (QED) is 0.718. The summed E-state index contributed by atoms with van der Waals surface area (Å²) in [6.07, 6.45) is 6.31. The van der Waals surface area contributed by atoms with Crippen LogP contribution in [-0.2, 0) is 20.7 Å². The number of ether oxygens (including phenoxy) is 2. The van der Waals surface area contributed by atoms with E-state index in [1.807, 2.05) is 32.9 Å². The number of phenols is 1. The van der Waals surface area contributed by atoms with Crippen LogP contribution in [-0.4, -0.2) is 30.4 Å². The van der Waals surface area contributed by atoms with Gasteiger partial charge in [0, 0.05) is 25.0 Å². The molecular weight excluding hydrogens is 352 g/mol. The molecule has 0 amide bonds. The topological polar surface area (TPSA) is 55.8 Å². The van der Waals surface area contributed by atoms with Gasteiger partial charge in [0.1, 0.15) is 11.5 Å². The van der Waals surface area contributed by atoms with Crippen molar-refractivity contribution in [1.82, 2.24) is 0 Å². The van der Waals surface area contributed by atoms with E-state index in [2.05, 4.69) is 13.0 Å². The van der Waals surface area contributed by atoms with Crippen LogP contribution in [0.2, 0.25) is 0 Å². The maximum Gasteiger partial charge on any atom is 0.154 e. The molecule has 4 heteroatoms. The van der Waals surface area contributed by atoms with Crippen LogP contribution in [0.1, 0.15) is 76.8 Å². The third-order valence-electron chi connectivity index (χ3n) is 7.22. The first kappa shape index (κ1) is 21.3. The fourth-order valence-electron chi connectivity index (χ4n) is 5.86. The van der Waals surface area contributed by atoms with E-state index in [0.29, 0.717) is 29.3 Å². The summed E-state index contributed by atoms with van der Waals surface area (Å²) >= 11 is 0. The largest absolute Gasteiger partial charge is 0.508 e. The maximum atomic E-state index is 12.3. The summed E-state index contributed by atoms with van der Waals surface area (Å²) in [7, 11) is 0. The van der Waals surface area contributed by atoms with Gasteiger partial charge in [-0.25, -0.2) is 0 Å². The van der Waals surface area contributed by atoms with E-state index in [1.54, 1.807) is 0 Å². The molecule has 4 nitrogen and oxygen atoms in total. The molecule has 156 valence electrons. The van der Waals surface area contributed by atoms with Crippen LogP contribution in [0.3, 0.4) is 0 Å². The summed E-state index contributed by atoms with van der Waals surface area (Å²) in [6, 6.07) is 5.90. The number of fused-ring (bicyclic) bond motifs is 5. The van der Waals surface area contributed by atoms with Gasteiger partial charge in [-0.1, -0.05) is 13.0 Å². The standard InChI is InChI=1S/C18H22O2.C6H14O2/c1-18-9-8-14-13-5-3-12(19)10-11(13)2-4-15(14)16(18)6-7-17(18)20;1-4-7-6(3)8-5-2/h3,5,10,14-16,19H,2,4,6-9H2,1H3;6H,4-5H2,1-3H3/t14-,15-,16+,18+;/m1./s1. The highest BCUT2D eigenvalue weighted by Gasteiger charge is 2.54. The van der Waals surface area contributed by atoms with Crippen LogP contribution in [0.5, 0.6) is 5.75 Å². The van der Waals surface area contributed by atoms with Crippen LogP contribution in [0.4, 0.5) is 0 Å². The number of phenolic OH excluding ortho intramolecular Hbond substituents is 1. The zero-order chi connectivity index (χ0) is 20.3. The molecule has 0 aliphatic heterocycles. The van der Waals surface area contributed by atoms with Gasteiger partial charge in [-0.15, -0.1) is 0 Å². The highest BCUT2D eigenvalue weighted by atomic mass is 16.7. The third kappa shape index (κ3) is 4.13. The van der Waals surface area contributed by atoms with Gasteiger partial charge in [0.25, 0.3) is 0 Å².